The first-order valence-electron chi connectivity index (χ1n) is 11.0. The van der Waals surface area contributed by atoms with Gasteiger partial charge in [-0.1, -0.05) is 31.9 Å². The number of aliphatic carboxylic acids is 1. The predicted molar refractivity (Wildman–Crippen MR) is 126 cm³/mol. The summed E-state index contributed by atoms with van der Waals surface area (Å²) < 4.78 is 5.88. The average Bonchev–Trinajstić information content (AvgIpc) is 2.76. The second kappa shape index (κ2) is 10.8. The molecule has 0 aliphatic heterocycles. The highest BCUT2D eigenvalue weighted by Gasteiger charge is 2.20. The molecule has 0 radical (unpaired) electrons. The van der Waals surface area contributed by atoms with Gasteiger partial charge in [-0.3, -0.25) is 9.59 Å². The maximum absolute atomic E-state index is 12.3. The van der Waals surface area contributed by atoms with Gasteiger partial charge in [-0.25, -0.2) is 4.98 Å². The van der Waals surface area contributed by atoms with Gasteiger partial charge in [-0.2, -0.15) is 0 Å². The number of ether oxygens (including phenoxy) is 1. The molecule has 0 aliphatic carbocycles. The summed E-state index contributed by atoms with van der Waals surface area (Å²) >= 11 is 0. The Labute approximate surface area is 188 Å². The molecule has 0 fully saturated rings. The van der Waals surface area contributed by atoms with E-state index in [1.54, 1.807) is 18.2 Å². The summed E-state index contributed by atoms with van der Waals surface area (Å²) in [5, 5.41) is 13.2. The number of benzene rings is 2. The monoisotopic (exact) mass is 434 g/mol. The van der Waals surface area contributed by atoms with Gasteiger partial charge in [0.25, 0.3) is 0 Å². The van der Waals surface area contributed by atoms with Crippen LogP contribution in [0, 0.1) is 19.8 Å². The van der Waals surface area contributed by atoms with Gasteiger partial charge in [-0.05, 0) is 61.7 Å². The normalized spacial score (nSPS) is 11.8. The Morgan fingerprint density at radius 1 is 1.09 bits per heavy atom. The number of hydrogen-bond acceptors (Lipinski definition) is 4. The summed E-state index contributed by atoms with van der Waals surface area (Å²) in [6.07, 6.45) is 2.15. The van der Waals surface area contributed by atoms with Crippen molar-refractivity contribution in [1.82, 2.24) is 4.98 Å². The number of fused-ring (bicyclic) bond motifs is 1. The van der Waals surface area contributed by atoms with Crippen molar-refractivity contribution in [2.75, 3.05) is 5.32 Å². The van der Waals surface area contributed by atoms with E-state index in [0.717, 1.165) is 29.4 Å². The number of carboxylic acid groups (broad SMARTS) is 1. The van der Waals surface area contributed by atoms with Crippen molar-refractivity contribution in [2.24, 2.45) is 5.92 Å². The van der Waals surface area contributed by atoms with E-state index in [1.807, 2.05) is 25.1 Å². The third-order valence-electron chi connectivity index (χ3n) is 5.55. The lowest BCUT2D eigenvalue weighted by atomic mass is 9.98. The van der Waals surface area contributed by atoms with Crippen LogP contribution in [0.4, 0.5) is 5.69 Å². The van der Waals surface area contributed by atoms with E-state index >= 15 is 0 Å². The molecule has 0 spiro atoms. The van der Waals surface area contributed by atoms with Gasteiger partial charge in [0, 0.05) is 23.6 Å². The van der Waals surface area contributed by atoms with Crippen LogP contribution in [-0.2, 0) is 16.2 Å². The number of nitrogens with one attached hydrogen (secondary N) is 1. The summed E-state index contributed by atoms with van der Waals surface area (Å²) in [6.45, 7) is 6.46. The third-order valence-corrected chi connectivity index (χ3v) is 5.55. The number of rotatable bonds is 10. The Kier molecular flexibility index (Phi) is 7.82. The second-order valence-electron chi connectivity index (χ2n) is 8.18. The van der Waals surface area contributed by atoms with Crippen molar-refractivity contribution in [3.8, 4) is 5.75 Å². The zero-order valence-corrected chi connectivity index (χ0v) is 18.9. The molecule has 168 valence electrons. The van der Waals surface area contributed by atoms with Crippen LogP contribution in [0.25, 0.3) is 10.9 Å². The van der Waals surface area contributed by atoms with E-state index in [1.165, 1.54) is 11.1 Å². The summed E-state index contributed by atoms with van der Waals surface area (Å²) in [5.74, 6) is -1.31. The first-order chi connectivity index (χ1) is 15.4. The molecule has 32 heavy (non-hydrogen) atoms. The molecule has 0 aliphatic rings. The summed E-state index contributed by atoms with van der Waals surface area (Å²) in [4.78, 5) is 28.4. The van der Waals surface area contributed by atoms with Gasteiger partial charge < -0.3 is 15.2 Å². The second-order valence-corrected chi connectivity index (χ2v) is 8.18. The van der Waals surface area contributed by atoms with Gasteiger partial charge in [0.05, 0.1) is 17.1 Å². The SMILES string of the molecule is CCCCC(CC(=O)Nc1cccc(OCc2ccc3cc(C)c(C)cc3n2)c1)C(=O)O. The van der Waals surface area contributed by atoms with Crippen LogP contribution in [0.3, 0.4) is 0 Å². The number of anilines is 1. The number of aromatic nitrogens is 1. The molecule has 0 saturated heterocycles. The lowest BCUT2D eigenvalue weighted by Crippen LogP contribution is -2.22. The van der Waals surface area contributed by atoms with Crippen LogP contribution in [0.2, 0.25) is 0 Å². The molecule has 1 aromatic heterocycles. The van der Waals surface area contributed by atoms with Crippen LogP contribution in [0.5, 0.6) is 5.75 Å². The number of unbranched alkanes of at least 4 members (excludes halogenated alkanes) is 1. The Hall–Kier alpha value is -3.41. The highest BCUT2D eigenvalue weighted by Crippen LogP contribution is 2.22. The maximum atomic E-state index is 12.3. The van der Waals surface area contributed by atoms with Crippen LogP contribution < -0.4 is 10.1 Å². The maximum Gasteiger partial charge on any atom is 0.307 e. The number of carbonyl (C=O) groups is 2. The lowest BCUT2D eigenvalue weighted by molar-refractivity contribution is -0.143. The van der Waals surface area contributed by atoms with Crippen LogP contribution >= 0.6 is 0 Å². The zero-order chi connectivity index (χ0) is 23.1. The Morgan fingerprint density at radius 2 is 1.88 bits per heavy atom. The van der Waals surface area contributed by atoms with Crippen molar-refractivity contribution in [3.63, 3.8) is 0 Å². The highest BCUT2D eigenvalue weighted by atomic mass is 16.5. The molecule has 1 heterocycles. The van der Waals surface area contributed by atoms with Crippen LogP contribution in [-0.4, -0.2) is 22.0 Å². The molecule has 3 aromatic rings. The van der Waals surface area contributed by atoms with Gasteiger partial charge in [0.15, 0.2) is 0 Å². The molecule has 1 amide bonds. The molecular weight excluding hydrogens is 404 g/mol. The average molecular weight is 435 g/mol. The van der Waals surface area contributed by atoms with Crippen molar-refractivity contribution in [2.45, 2.75) is 53.1 Å². The quantitative estimate of drug-likeness (QED) is 0.430. The molecule has 1 atom stereocenters. The van der Waals surface area contributed by atoms with Gasteiger partial charge in [0.1, 0.15) is 12.4 Å². The Bertz CT molecular complexity index is 1110. The molecule has 6 heteroatoms. The molecule has 2 N–H and O–H groups in total. The third kappa shape index (κ3) is 6.30. The van der Waals surface area contributed by atoms with E-state index in [2.05, 4.69) is 36.3 Å². The fraction of sp³-hybridized carbons (Fsp3) is 0.346. The summed E-state index contributed by atoms with van der Waals surface area (Å²) in [7, 11) is 0. The van der Waals surface area contributed by atoms with E-state index < -0.39 is 11.9 Å². The molecule has 1 unspecified atom stereocenters. The molecular formula is C26H30N2O4. The van der Waals surface area contributed by atoms with Crippen molar-refractivity contribution < 1.29 is 19.4 Å². The molecule has 0 saturated carbocycles. The van der Waals surface area contributed by atoms with Crippen molar-refractivity contribution in [3.05, 3.63) is 65.4 Å². The topological polar surface area (TPSA) is 88.5 Å². The van der Waals surface area contributed by atoms with Crippen molar-refractivity contribution in [1.29, 1.82) is 0 Å². The Balaban J connectivity index is 1.61. The number of amides is 1. The van der Waals surface area contributed by atoms with E-state index in [9.17, 15) is 14.7 Å². The van der Waals surface area contributed by atoms with E-state index in [4.69, 9.17) is 4.74 Å². The highest BCUT2D eigenvalue weighted by molar-refractivity contribution is 5.93. The number of aryl methyl sites for hydroxylation is 2. The first-order valence-corrected chi connectivity index (χ1v) is 11.0. The summed E-state index contributed by atoms with van der Waals surface area (Å²) in [5.41, 5.74) is 4.76. The number of carbonyl (C=O) groups excluding carboxylic acids is 1. The molecule has 6 nitrogen and oxygen atoms in total. The number of hydrogen-bond donors (Lipinski definition) is 2. The minimum absolute atomic E-state index is 0.0414. The van der Waals surface area contributed by atoms with Crippen molar-refractivity contribution >= 4 is 28.5 Å². The van der Waals surface area contributed by atoms with Gasteiger partial charge in [0.2, 0.25) is 5.91 Å². The predicted octanol–water partition coefficient (Wildman–Crippen LogP) is 5.65. The molecule has 3 rings (SSSR count). The fourth-order valence-corrected chi connectivity index (χ4v) is 3.53. The number of carboxylic acids is 1. The van der Waals surface area contributed by atoms with E-state index in [0.29, 0.717) is 24.5 Å². The van der Waals surface area contributed by atoms with Gasteiger partial charge >= 0.3 is 5.97 Å². The molecule has 2 aromatic carbocycles. The lowest BCUT2D eigenvalue weighted by Gasteiger charge is -2.13. The number of nitrogens with zero attached hydrogens (tertiary/aromatic N) is 1. The minimum Gasteiger partial charge on any atom is -0.487 e. The van der Waals surface area contributed by atoms with E-state index in [-0.39, 0.29) is 12.3 Å². The smallest absolute Gasteiger partial charge is 0.307 e. The minimum atomic E-state index is -0.932. The number of pyridine rings is 1. The summed E-state index contributed by atoms with van der Waals surface area (Å²) in [6, 6.07) is 15.3. The first kappa shape index (κ1) is 23.3. The molecule has 0 bridgehead atoms. The largest absolute Gasteiger partial charge is 0.487 e. The van der Waals surface area contributed by atoms with Gasteiger partial charge in [-0.15, -0.1) is 0 Å². The Morgan fingerprint density at radius 3 is 2.62 bits per heavy atom. The standard InChI is InChI=1S/C26H30N2O4/c1-4-5-7-20(26(30)31)14-25(29)28-21-8-6-9-23(15-21)32-16-22-11-10-19-12-17(2)18(3)13-24(19)27-22/h6,8-13,15,20H,4-5,7,14,16H2,1-3H3,(H,28,29)(H,30,31). The fourth-order valence-electron chi connectivity index (χ4n) is 3.53. The van der Waals surface area contributed by atoms with Crippen LogP contribution in [0.15, 0.2) is 48.5 Å². The zero-order valence-electron chi connectivity index (χ0n) is 18.9. The van der Waals surface area contributed by atoms with Crippen LogP contribution in [0.1, 0.15) is 49.4 Å².